The molecule has 2 rings (SSSR count). The summed E-state index contributed by atoms with van der Waals surface area (Å²) in [6.07, 6.45) is 0.812. The predicted octanol–water partition coefficient (Wildman–Crippen LogP) is 2.15. The van der Waals surface area contributed by atoms with E-state index in [9.17, 15) is 4.79 Å². The third-order valence-electron chi connectivity index (χ3n) is 4.02. The van der Waals surface area contributed by atoms with E-state index in [1.54, 1.807) is 7.11 Å². The molecule has 2 unspecified atom stereocenters. The van der Waals surface area contributed by atoms with Gasteiger partial charge in [0.2, 0.25) is 5.91 Å². The Labute approximate surface area is 121 Å². The molecular weight excluding hydrogens is 252 g/mol. The summed E-state index contributed by atoms with van der Waals surface area (Å²) in [6.45, 7) is 6.08. The van der Waals surface area contributed by atoms with E-state index in [-0.39, 0.29) is 17.9 Å². The highest BCUT2D eigenvalue weighted by atomic mass is 16.5. The zero-order chi connectivity index (χ0) is 14.5. The molecule has 0 fully saturated rings. The van der Waals surface area contributed by atoms with Gasteiger partial charge in [-0.2, -0.15) is 0 Å². The van der Waals surface area contributed by atoms with Gasteiger partial charge in [0, 0.05) is 31.9 Å². The maximum Gasteiger partial charge on any atom is 0.228 e. The summed E-state index contributed by atoms with van der Waals surface area (Å²) < 4.78 is 5.09. The summed E-state index contributed by atoms with van der Waals surface area (Å²) in [6, 6.07) is 8.39. The van der Waals surface area contributed by atoms with Crippen molar-refractivity contribution in [3.63, 3.8) is 0 Å². The van der Waals surface area contributed by atoms with Crippen LogP contribution in [0, 0.1) is 5.92 Å². The van der Waals surface area contributed by atoms with Crippen LogP contribution in [0.4, 0.5) is 5.69 Å². The SMILES string of the molecule is CCN(CCOC)C(=O)C1Cc2ccccc2NC1C. The van der Waals surface area contributed by atoms with Crippen LogP contribution in [0.3, 0.4) is 0 Å². The number of carbonyl (C=O) groups is 1. The Morgan fingerprint density at radius 2 is 2.20 bits per heavy atom. The van der Waals surface area contributed by atoms with Crippen LogP contribution in [-0.4, -0.2) is 43.7 Å². The van der Waals surface area contributed by atoms with Gasteiger partial charge in [-0.15, -0.1) is 0 Å². The van der Waals surface area contributed by atoms with Gasteiger partial charge in [-0.25, -0.2) is 0 Å². The summed E-state index contributed by atoms with van der Waals surface area (Å²) in [5, 5.41) is 3.45. The zero-order valence-corrected chi connectivity index (χ0v) is 12.6. The van der Waals surface area contributed by atoms with Gasteiger partial charge in [0.15, 0.2) is 0 Å². The van der Waals surface area contributed by atoms with E-state index in [2.05, 4.69) is 24.4 Å². The largest absolute Gasteiger partial charge is 0.383 e. The number of para-hydroxylation sites is 1. The second-order valence-corrected chi connectivity index (χ2v) is 5.31. The van der Waals surface area contributed by atoms with Crippen molar-refractivity contribution in [2.24, 2.45) is 5.92 Å². The summed E-state index contributed by atoms with van der Waals surface area (Å²) in [5.41, 5.74) is 2.38. The molecular formula is C16H24N2O2. The Hall–Kier alpha value is -1.55. The van der Waals surface area contributed by atoms with E-state index in [1.807, 2.05) is 24.0 Å². The minimum atomic E-state index is 0.00158. The normalized spacial score (nSPS) is 20.9. The molecule has 4 nitrogen and oxygen atoms in total. The van der Waals surface area contributed by atoms with Crippen LogP contribution in [0.25, 0.3) is 0 Å². The first-order valence-electron chi connectivity index (χ1n) is 7.29. The lowest BCUT2D eigenvalue weighted by Gasteiger charge is -2.35. The number of fused-ring (bicyclic) bond motifs is 1. The first-order valence-corrected chi connectivity index (χ1v) is 7.29. The van der Waals surface area contributed by atoms with Crippen molar-refractivity contribution in [2.75, 3.05) is 32.1 Å². The van der Waals surface area contributed by atoms with Crippen LogP contribution in [0.1, 0.15) is 19.4 Å². The number of hydrogen-bond donors (Lipinski definition) is 1. The average molecular weight is 276 g/mol. The van der Waals surface area contributed by atoms with Gasteiger partial charge >= 0.3 is 0 Å². The van der Waals surface area contributed by atoms with Crippen molar-refractivity contribution in [3.8, 4) is 0 Å². The standard InChI is InChI=1S/C16H24N2O2/c1-4-18(9-10-20-3)16(19)14-11-13-7-5-6-8-15(13)17-12(14)2/h5-8,12,14,17H,4,9-11H2,1-3H3. The molecule has 1 N–H and O–H groups in total. The van der Waals surface area contributed by atoms with Crippen LogP contribution in [0.2, 0.25) is 0 Å². The van der Waals surface area contributed by atoms with Gasteiger partial charge in [-0.1, -0.05) is 18.2 Å². The van der Waals surface area contributed by atoms with Crippen LogP contribution in [0.5, 0.6) is 0 Å². The first-order chi connectivity index (χ1) is 9.67. The van der Waals surface area contributed by atoms with Crippen molar-refractivity contribution in [3.05, 3.63) is 29.8 Å². The molecule has 0 saturated carbocycles. The third-order valence-corrected chi connectivity index (χ3v) is 4.02. The number of anilines is 1. The van der Waals surface area contributed by atoms with Crippen molar-refractivity contribution in [1.82, 2.24) is 4.90 Å². The maximum atomic E-state index is 12.7. The highest BCUT2D eigenvalue weighted by Gasteiger charge is 2.32. The molecule has 0 aliphatic carbocycles. The van der Waals surface area contributed by atoms with Crippen molar-refractivity contribution in [2.45, 2.75) is 26.3 Å². The topological polar surface area (TPSA) is 41.6 Å². The quantitative estimate of drug-likeness (QED) is 0.896. The Morgan fingerprint density at radius 1 is 1.45 bits per heavy atom. The van der Waals surface area contributed by atoms with E-state index in [0.717, 1.165) is 18.7 Å². The lowest BCUT2D eigenvalue weighted by molar-refractivity contribution is -0.136. The summed E-state index contributed by atoms with van der Waals surface area (Å²) >= 11 is 0. The number of nitrogens with one attached hydrogen (secondary N) is 1. The Balaban J connectivity index is 2.10. The van der Waals surface area contributed by atoms with Crippen molar-refractivity contribution in [1.29, 1.82) is 0 Å². The van der Waals surface area contributed by atoms with Gasteiger partial charge in [-0.3, -0.25) is 4.79 Å². The number of carbonyl (C=O) groups excluding carboxylic acids is 1. The highest BCUT2D eigenvalue weighted by molar-refractivity contribution is 5.81. The first kappa shape index (κ1) is 14.9. The van der Waals surface area contributed by atoms with Gasteiger partial charge < -0.3 is 15.0 Å². The lowest BCUT2D eigenvalue weighted by Crippen LogP contribution is -2.46. The Kier molecular flexibility index (Phi) is 5.01. The van der Waals surface area contributed by atoms with Gasteiger partial charge in [0.25, 0.3) is 0 Å². The molecule has 1 aliphatic rings. The molecule has 0 bridgehead atoms. The van der Waals surface area contributed by atoms with Crippen molar-refractivity contribution < 1.29 is 9.53 Å². The number of rotatable bonds is 5. The van der Waals surface area contributed by atoms with E-state index in [1.165, 1.54) is 5.56 Å². The second kappa shape index (κ2) is 6.75. The molecule has 1 amide bonds. The van der Waals surface area contributed by atoms with Crippen LogP contribution < -0.4 is 5.32 Å². The predicted molar refractivity (Wildman–Crippen MR) is 80.9 cm³/mol. The van der Waals surface area contributed by atoms with Crippen molar-refractivity contribution >= 4 is 11.6 Å². The van der Waals surface area contributed by atoms with Crippen LogP contribution >= 0.6 is 0 Å². The fourth-order valence-electron chi connectivity index (χ4n) is 2.76. The third kappa shape index (κ3) is 3.12. The molecule has 110 valence electrons. The zero-order valence-electron chi connectivity index (χ0n) is 12.6. The van der Waals surface area contributed by atoms with E-state index in [4.69, 9.17) is 4.74 Å². The number of methoxy groups -OCH3 is 1. The molecule has 1 aromatic rings. The molecule has 1 heterocycles. The van der Waals surface area contributed by atoms with Gasteiger partial charge in [0.05, 0.1) is 12.5 Å². The summed E-state index contributed by atoms with van der Waals surface area (Å²) in [7, 11) is 1.67. The lowest BCUT2D eigenvalue weighted by atomic mass is 9.87. The molecule has 2 atom stereocenters. The monoisotopic (exact) mass is 276 g/mol. The minimum absolute atomic E-state index is 0.00158. The fraction of sp³-hybridized carbons (Fsp3) is 0.562. The highest BCUT2D eigenvalue weighted by Crippen LogP contribution is 2.29. The van der Waals surface area contributed by atoms with Crippen LogP contribution in [0.15, 0.2) is 24.3 Å². The molecule has 0 radical (unpaired) electrons. The number of benzene rings is 1. The number of hydrogen-bond acceptors (Lipinski definition) is 3. The number of likely N-dealkylation sites (N-methyl/N-ethyl adjacent to an activating group) is 1. The number of ether oxygens (including phenoxy) is 1. The number of amides is 1. The average Bonchev–Trinajstić information content (AvgIpc) is 2.47. The van der Waals surface area contributed by atoms with Gasteiger partial charge in [0.1, 0.15) is 0 Å². The smallest absolute Gasteiger partial charge is 0.228 e. The molecule has 0 spiro atoms. The summed E-state index contributed by atoms with van der Waals surface area (Å²) in [5.74, 6) is 0.223. The van der Waals surface area contributed by atoms with E-state index in [0.29, 0.717) is 13.2 Å². The van der Waals surface area contributed by atoms with Gasteiger partial charge in [-0.05, 0) is 31.9 Å². The van der Waals surface area contributed by atoms with E-state index < -0.39 is 0 Å². The summed E-state index contributed by atoms with van der Waals surface area (Å²) in [4.78, 5) is 14.6. The molecule has 0 saturated heterocycles. The molecule has 20 heavy (non-hydrogen) atoms. The minimum Gasteiger partial charge on any atom is -0.383 e. The Bertz CT molecular complexity index is 462. The molecule has 4 heteroatoms. The molecule has 0 aromatic heterocycles. The van der Waals surface area contributed by atoms with E-state index >= 15 is 0 Å². The number of nitrogens with zero attached hydrogens (tertiary/aromatic N) is 1. The fourth-order valence-corrected chi connectivity index (χ4v) is 2.76. The molecule has 1 aromatic carbocycles. The maximum absolute atomic E-state index is 12.7. The second-order valence-electron chi connectivity index (χ2n) is 5.31. The van der Waals surface area contributed by atoms with Crippen LogP contribution in [-0.2, 0) is 16.0 Å². The Morgan fingerprint density at radius 3 is 2.90 bits per heavy atom. The molecule has 1 aliphatic heterocycles.